The van der Waals surface area contributed by atoms with Crippen molar-refractivity contribution >= 4 is 29.9 Å². The van der Waals surface area contributed by atoms with Gasteiger partial charge in [0.05, 0.1) is 19.4 Å². The molecule has 1 spiro atoms. The van der Waals surface area contributed by atoms with Crippen molar-refractivity contribution in [3.63, 3.8) is 0 Å². The van der Waals surface area contributed by atoms with Crippen LogP contribution in [0.3, 0.4) is 0 Å². The zero-order valence-electron chi connectivity index (χ0n) is 15.8. The lowest BCUT2D eigenvalue weighted by atomic mass is 9.86. The van der Waals surface area contributed by atoms with Gasteiger partial charge in [-0.2, -0.15) is 0 Å². The molecule has 2 heterocycles. The maximum atomic E-state index is 6.23. The SMILES string of the molecule is CCNC(=NCC1COC2(CCC(C)CC2)O1)NCCc1ccco1.I. The van der Waals surface area contributed by atoms with Crippen LogP contribution in [0.15, 0.2) is 27.8 Å². The van der Waals surface area contributed by atoms with Crippen LogP contribution in [-0.2, 0) is 15.9 Å². The summed E-state index contributed by atoms with van der Waals surface area (Å²) in [6.45, 7) is 7.24. The monoisotopic (exact) mass is 477 g/mol. The van der Waals surface area contributed by atoms with Gasteiger partial charge in [0.25, 0.3) is 0 Å². The zero-order valence-corrected chi connectivity index (χ0v) is 18.2. The van der Waals surface area contributed by atoms with Crippen LogP contribution in [0.4, 0.5) is 0 Å². The Morgan fingerprint density at radius 1 is 1.31 bits per heavy atom. The van der Waals surface area contributed by atoms with E-state index in [-0.39, 0.29) is 35.9 Å². The second-order valence-electron chi connectivity index (χ2n) is 7.12. The molecule has 26 heavy (non-hydrogen) atoms. The minimum Gasteiger partial charge on any atom is -0.469 e. The van der Waals surface area contributed by atoms with E-state index in [2.05, 4.69) is 29.5 Å². The first kappa shape index (κ1) is 21.5. The average molecular weight is 477 g/mol. The predicted octanol–water partition coefficient (Wildman–Crippen LogP) is 3.32. The minimum atomic E-state index is -0.336. The van der Waals surface area contributed by atoms with Gasteiger partial charge in [0.1, 0.15) is 11.9 Å². The molecular formula is C19H32IN3O3. The van der Waals surface area contributed by atoms with Gasteiger partial charge < -0.3 is 24.5 Å². The van der Waals surface area contributed by atoms with E-state index >= 15 is 0 Å². The molecule has 2 aliphatic rings. The molecule has 1 saturated carbocycles. The summed E-state index contributed by atoms with van der Waals surface area (Å²) in [6, 6.07) is 3.90. The number of aliphatic imine (C=N–C) groups is 1. The number of halogens is 1. The number of furan rings is 1. The van der Waals surface area contributed by atoms with Crippen LogP contribution in [0.25, 0.3) is 0 Å². The fourth-order valence-electron chi connectivity index (χ4n) is 3.46. The Labute approximate surface area is 173 Å². The van der Waals surface area contributed by atoms with Crippen LogP contribution in [0, 0.1) is 5.92 Å². The lowest BCUT2D eigenvalue weighted by molar-refractivity contribution is -0.190. The molecular weight excluding hydrogens is 445 g/mol. The highest BCUT2D eigenvalue weighted by Crippen LogP contribution is 2.39. The number of rotatable bonds is 6. The Kier molecular flexibility index (Phi) is 8.69. The molecule has 1 aromatic heterocycles. The van der Waals surface area contributed by atoms with Crippen LogP contribution in [0.1, 0.15) is 45.3 Å². The molecule has 1 saturated heterocycles. The second kappa shape index (κ2) is 10.5. The summed E-state index contributed by atoms with van der Waals surface area (Å²) in [5, 5.41) is 6.62. The number of hydrogen-bond acceptors (Lipinski definition) is 4. The predicted molar refractivity (Wildman–Crippen MR) is 113 cm³/mol. The summed E-state index contributed by atoms with van der Waals surface area (Å²) in [5.41, 5.74) is 0. The highest BCUT2D eigenvalue weighted by atomic mass is 127. The molecule has 1 aromatic rings. The Hall–Kier alpha value is -0.800. The van der Waals surface area contributed by atoms with Gasteiger partial charge in [0.15, 0.2) is 11.7 Å². The number of nitrogens with one attached hydrogen (secondary N) is 2. The number of nitrogens with zero attached hydrogens (tertiary/aromatic N) is 1. The topological polar surface area (TPSA) is 68.0 Å². The second-order valence-corrected chi connectivity index (χ2v) is 7.12. The van der Waals surface area contributed by atoms with Gasteiger partial charge in [-0.3, -0.25) is 4.99 Å². The largest absolute Gasteiger partial charge is 0.469 e. The quantitative estimate of drug-likeness (QED) is 0.374. The molecule has 1 atom stereocenters. The van der Waals surface area contributed by atoms with Gasteiger partial charge in [0.2, 0.25) is 0 Å². The van der Waals surface area contributed by atoms with Crippen molar-refractivity contribution in [3.05, 3.63) is 24.2 Å². The third kappa shape index (κ3) is 6.13. The summed E-state index contributed by atoms with van der Waals surface area (Å²) in [5.74, 6) is 2.24. The van der Waals surface area contributed by atoms with E-state index in [0.717, 1.165) is 50.0 Å². The van der Waals surface area contributed by atoms with Crippen LogP contribution in [0.5, 0.6) is 0 Å². The Morgan fingerprint density at radius 2 is 2.12 bits per heavy atom. The average Bonchev–Trinajstić information content (AvgIpc) is 3.26. The summed E-state index contributed by atoms with van der Waals surface area (Å²) in [6.07, 6.45) is 6.98. The van der Waals surface area contributed by atoms with Crippen LogP contribution < -0.4 is 10.6 Å². The minimum absolute atomic E-state index is 0. The van der Waals surface area contributed by atoms with E-state index < -0.39 is 0 Å². The molecule has 7 heteroatoms. The zero-order chi connectivity index (χ0) is 17.5. The Bertz CT molecular complexity index is 542. The molecule has 0 amide bonds. The summed E-state index contributed by atoms with van der Waals surface area (Å²) in [4.78, 5) is 4.67. The van der Waals surface area contributed by atoms with E-state index in [4.69, 9.17) is 13.9 Å². The lowest BCUT2D eigenvalue weighted by Crippen LogP contribution is -2.39. The third-order valence-electron chi connectivity index (χ3n) is 4.99. The molecule has 0 bridgehead atoms. The van der Waals surface area contributed by atoms with Crippen molar-refractivity contribution in [2.75, 3.05) is 26.2 Å². The highest BCUT2D eigenvalue weighted by molar-refractivity contribution is 14.0. The van der Waals surface area contributed by atoms with Crippen molar-refractivity contribution in [2.45, 2.75) is 57.8 Å². The molecule has 2 N–H and O–H groups in total. The number of ether oxygens (including phenoxy) is 2. The summed E-state index contributed by atoms with van der Waals surface area (Å²) < 4.78 is 17.6. The first-order valence-corrected chi connectivity index (χ1v) is 9.55. The molecule has 2 fully saturated rings. The summed E-state index contributed by atoms with van der Waals surface area (Å²) >= 11 is 0. The van der Waals surface area contributed by atoms with Gasteiger partial charge in [-0.05, 0) is 37.8 Å². The van der Waals surface area contributed by atoms with Crippen molar-refractivity contribution in [3.8, 4) is 0 Å². The van der Waals surface area contributed by atoms with Crippen molar-refractivity contribution in [1.29, 1.82) is 0 Å². The number of guanidine groups is 1. The fourth-order valence-corrected chi connectivity index (χ4v) is 3.46. The molecule has 3 rings (SSSR count). The molecule has 0 radical (unpaired) electrons. The van der Waals surface area contributed by atoms with Crippen molar-refractivity contribution in [2.24, 2.45) is 10.9 Å². The van der Waals surface area contributed by atoms with E-state index in [1.165, 1.54) is 12.8 Å². The van der Waals surface area contributed by atoms with Crippen molar-refractivity contribution < 1.29 is 13.9 Å². The smallest absolute Gasteiger partial charge is 0.191 e. The molecule has 1 aliphatic carbocycles. The van der Waals surface area contributed by atoms with E-state index in [1.807, 2.05) is 12.1 Å². The fraction of sp³-hybridized carbons (Fsp3) is 0.737. The molecule has 1 aliphatic heterocycles. The standard InChI is InChI=1S/C19H31N3O3.HI/c1-3-20-18(21-11-8-16-5-4-12-23-16)22-13-17-14-24-19(25-17)9-6-15(2)7-10-19;/h4-5,12,15,17H,3,6-11,13-14H2,1-2H3,(H2,20,21,22);1H. The van der Waals surface area contributed by atoms with Crippen LogP contribution in [-0.4, -0.2) is 44.1 Å². The van der Waals surface area contributed by atoms with Gasteiger partial charge in [0, 0.05) is 32.4 Å². The maximum Gasteiger partial charge on any atom is 0.191 e. The normalized spacial score (nSPS) is 28.8. The highest BCUT2D eigenvalue weighted by Gasteiger charge is 2.43. The molecule has 1 unspecified atom stereocenters. The first-order valence-electron chi connectivity index (χ1n) is 9.55. The van der Waals surface area contributed by atoms with E-state index in [9.17, 15) is 0 Å². The van der Waals surface area contributed by atoms with E-state index in [0.29, 0.717) is 13.2 Å². The third-order valence-corrected chi connectivity index (χ3v) is 4.99. The number of hydrogen-bond donors (Lipinski definition) is 2. The summed E-state index contributed by atoms with van der Waals surface area (Å²) in [7, 11) is 0. The maximum absolute atomic E-state index is 6.23. The van der Waals surface area contributed by atoms with Gasteiger partial charge in [-0.25, -0.2) is 0 Å². The molecule has 6 nitrogen and oxygen atoms in total. The lowest BCUT2D eigenvalue weighted by Gasteiger charge is -2.34. The van der Waals surface area contributed by atoms with Crippen molar-refractivity contribution in [1.82, 2.24) is 10.6 Å². The van der Waals surface area contributed by atoms with Gasteiger partial charge >= 0.3 is 0 Å². The van der Waals surface area contributed by atoms with E-state index in [1.54, 1.807) is 6.26 Å². The van der Waals surface area contributed by atoms with Gasteiger partial charge in [-0.15, -0.1) is 24.0 Å². The molecule has 0 aromatic carbocycles. The Balaban J connectivity index is 0.00000243. The first-order chi connectivity index (χ1) is 12.2. The Morgan fingerprint density at radius 3 is 2.81 bits per heavy atom. The van der Waals surface area contributed by atoms with Gasteiger partial charge in [-0.1, -0.05) is 6.92 Å². The van der Waals surface area contributed by atoms with Crippen LogP contribution >= 0.6 is 24.0 Å². The molecule has 148 valence electrons. The van der Waals surface area contributed by atoms with Crippen LogP contribution in [0.2, 0.25) is 0 Å².